The molecule has 3 aromatic rings. The Kier molecular flexibility index (Phi) is 4.33. The second kappa shape index (κ2) is 6.65. The van der Waals surface area contributed by atoms with E-state index in [1.807, 2.05) is 42.9 Å². The van der Waals surface area contributed by atoms with E-state index in [9.17, 15) is 4.79 Å². The summed E-state index contributed by atoms with van der Waals surface area (Å²) in [4.78, 5) is 24.9. The van der Waals surface area contributed by atoms with Gasteiger partial charge < -0.3 is 14.8 Å². The molecule has 0 aliphatic carbocycles. The fourth-order valence-corrected chi connectivity index (χ4v) is 4.25. The van der Waals surface area contributed by atoms with Crippen molar-refractivity contribution in [3.63, 3.8) is 0 Å². The van der Waals surface area contributed by atoms with Crippen LogP contribution in [0.4, 0.5) is 0 Å². The molecule has 0 aromatic carbocycles. The molecule has 1 aliphatic rings. The average molecular weight is 371 g/mol. The van der Waals surface area contributed by atoms with E-state index in [2.05, 4.69) is 20.4 Å². The van der Waals surface area contributed by atoms with Gasteiger partial charge in [-0.1, -0.05) is 0 Å². The normalized spacial score (nSPS) is 17.7. The van der Waals surface area contributed by atoms with Gasteiger partial charge >= 0.3 is 0 Å². The van der Waals surface area contributed by atoms with E-state index in [0.29, 0.717) is 18.0 Å². The largest absolute Gasteiger partial charge is 0.336 e. The summed E-state index contributed by atoms with van der Waals surface area (Å²) in [6.07, 6.45) is 7.36. The molecule has 0 saturated carbocycles. The third-order valence-electron chi connectivity index (χ3n) is 4.60. The number of nitrogens with zero attached hydrogens (tertiary/aromatic N) is 6. The van der Waals surface area contributed by atoms with Crippen molar-refractivity contribution in [3.05, 3.63) is 41.2 Å². The summed E-state index contributed by atoms with van der Waals surface area (Å²) in [5.74, 6) is 0.907. The first-order valence-corrected chi connectivity index (χ1v) is 9.31. The Morgan fingerprint density at radius 3 is 2.92 bits per heavy atom. The Bertz CT molecular complexity index is 941. The number of hydrogen-bond donors (Lipinski definition) is 1. The maximum absolute atomic E-state index is 13.3. The summed E-state index contributed by atoms with van der Waals surface area (Å²) in [5.41, 5.74) is 1.69. The smallest absolute Gasteiger partial charge is 0.266 e. The summed E-state index contributed by atoms with van der Waals surface area (Å²) < 4.78 is 3.71. The molecule has 136 valence electrons. The van der Waals surface area contributed by atoms with Crippen LogP contribution in [0.3, 0.4) is 0 Å². The summed E-state index contributed by atoms with van der Waals surface area (Å²) in [6.45, 7) is 4.02. The Morgan fingerprint density at radius 2 is 2.23 bits per heavy atom. The second-order valence-corrected chi connectivity index (χ2v) is 7.45. The van der Waals surface area contributed by atoms with Crippen molar-refractivity contribution >= 4 is 17.2 Å². The Balaban J connectivity index is 1.66. The lowest BCUT2D eigenvalue weighted by Crippen LogP contribution is -2.49. The van der Waals surface area contributed by atoms with E-state index in [-0.39, 0.29) is 11.9 Å². The average Bonchev–Trinajstić information content (AvgIpc) is 3.34. The van der Waals surface area contributed by atoms with E-state index in [1.165, 1.54) is 11.3 Å². The first-order valence-electron chi connectivity index (χ1n) is 8.50. The third kappa shape index (κ3) is 2.93. The predicted octanol–water partition coefficient (Wildman–Crippen LogP) is 1.37. The number of carbonyl (C=O) groups excluding carboxylic acids is 1. The fraction of sp³-hybridized carbons (Fsp3) is 0.412. The minimum absolute atomic E-state index is 0.0182. The molecule has 26 heavy (non-hydrogen) atoms. The number of imidazole rings is 1. The van der Waals surface area contributed by atoms with Crippen LogP contribution in [-0.4, -0.2) is 54.8 Å². The van der Waals surface area contributed by atoms with Gasteiger partial charge in [-0.05, 0) is 6.92 Å². The standard InChI is InChI=1S/C17H21N7OS/c1-11-14(26-16(21-11)12-8-20-23(3)10-12)17(25)24-7-4-18-9-13(24)15-19-5-6-22(15)2/h5-6,8,10,13,18H,4,7,9H2,1-3H3. The molecule has 4 heterocycles. The van der Waals surface area contributed by atoms with Crippen LogP contribution in [0.5, 0.6) is 0 Å². The van der Waals surface area contributed by atoms with Gasteiger partial charge in [0.15, 0.2) is 0 Å². The highest BCUT2D eigenvalue weighted by atomic mass is 32.1. The lowest BCUT2D eigenvalue weighted by molar-refractivity contribution is 0.0625. The minimum Gasteiger partial charge on any atom is -0.336 e. The molecule has 0 spiro atoms. The highest BCUT2D eigenvalue weighted by molar-refractivity contribution is 7.17. The van der Waals surface area contributed by atoms with Crippen LogP contribution in [0.25, 0.3) is 10.6 Å². The van der Waals surface area contributed by atoms with Gasteiger partial charge in [0.05, 0.1) is 11.9 Å². The van der Waals surface area contributed by atoms with Crippen molar-refractivity contribution in [3.8, 4) is 10.6 Å². The molecule has 1 fully saturated rings. The van der Waals surface area contributed by atoms with Crippen molar-refractivity contribution in [2.45, 2.75) is 13.0 Å². The number of amides is 1. The van der Waals surface area contributed by atoms with Gasteiger partial charge in [-0.2, -0.15) is 5.10 Å². The molecule has 9 heteroatoms. The summed E-state index contributed by atoms with van der Waals surface area (Å²) in [6, 6.07) is -0.0837. The maximum Gasteiger partial charge on any atom is 0.266 e. The lowest BCUT2D eigenvalue weighted by atomic mass is 10.1. The van der Waals surface area contributed by atoms with Gasteiger partial charge in [-0.3, -0.25) is 9.48 Å². The molecule has 0 radical (unpaired) electrons. The van der Waals surface area contributed by atoms with Gasteiger partial charge in [0.2, 0.25) is 0 Å². The molecule has 3 aromatic heterocycles. The highest BCUT2D eigenvalue weighted by Gasteiger charge is 2.33. The molecular formula is C17H21N7OS. The number of hydrogen-bond acceptors (Lipinski definition) is 6. The molecule has 1 N–H and O–H groups in total. The monoisotopic (exact) mass is 371 g/mol. The maximum atomic E-state index is 13.3. The molecule has 1 amide bonds. The Hall–Kier alpha value is -2.52. The molecular weight excluding hydrogens is 350 g/mol. The molecule has 1 atom stereocenters. The number of aryl methyl sites for hydroxylation is 3. The number of aromatic nitrogens is 5. The molecule has 1 unspecified atom stereocenters. The van der Waals surface area contributed by atoms with Crippen LogP contribution in [0.15, 0.2) is 24.8 Å². The van der Waals surface area contributed by atoms with Crippen molar-refractivity contribution in [2.24, 2.45) is 14.1 Å². The SMILES string of the molecule is Cc1nc(-c2cnn(C)c2)sc1C(=O)N1CCNCC1c1nccn1C. The number of rotatable bonds is 3. The van der Waals surface area contributed by atoms with Gasteiger partial charge in [0.1, 0.15) is 21.8 Å². The van der Waals surface area contributed by atoms with E-state index < -0.39 is 0 Å². The van der Waals surface area contributed by atoms with Crippen molar-refractivity contribution < 1.29 is 4.79 Å². The van der Waals surface area contributed by atoms with Crippen LogP contribution in [0, 0.1) is 6.92 Å². The molecule has 8 nitrogen and oxygen atoms in total. The van der Waals surface area contributed by atoms with Crippen LogP contribution in [0.2, 0.25) is 0 Å². The quantitative estimate of drug-likeness (QED) is 0.752. The highest BCUT2D eigenvalue weighted by Crippen LogP contribution is 2.31. The number of carbonyl (C=O) groups is 1. The fourth-order valence-electron chi connectivity index (χ4n) is 3.26. The van der Waals surface area contributed by atoms with E-state index in [4.69, 9.17) is 0 Å². The number of thiazole rings is 1. The number of nitrogens with one attached hydrogen (secondary N) is 1. The Morgan fingerprint density at radius 1 is 1.38 bits per heavy atom. The zero-order chi connectivity index (χ0) is 18.3. The van der Waals surface area contributed by atoms with Crippen molar-refractivity contribution in [1.29, 1.82) is 0 Å². The number of piperazine rings is 1. The van der Waals surface area contributed by atoms with Gasteiger partial charge in [-0.15, -0.1) is 11.3 Å². The van der Waals surface area contributed by atoms with Crippen LogP contribution in [-0.2, 0) is 14.1 Å². The summed E-state index contributed by atoms with van der Waals surface area (Å²) in [5, 5.41) is 8.38. The van der Waals surface area contributed by atoms with Crippen LogP contribution >= 0.6 is 11.3 Å². The van der Waals surface area contributed by atoms with Gasteiger partial charge in [0.25, 0.3) is 5.91 Å². The topological polar surface area (TPSA) is 80.9 Å². The second-order valence-electron chi connectivity index (χ2n) is 6.45. The predicted molar refractivity (Wildman–Crippen MR) is 98.9 cm³/mol. The van der Waals surface area contributed by atoms with E-state index in [1.54, 1.807) is 17.1 Å². The zero-order valence-electron chi connectivity index (χ0n) is 15.0. The van der Waals surface area contributed by atoms with Gasteiger partial charge in [-0.25, -0.2) is 9.97 Å². The first-order chi connectivity index (χ1) is 12.5. The molecule has 4 rings (SSSR count). The van der Waals surface area contributed by atoms with E-state index in [0.717, 1.165) is 28.6 Å². The van der Waals surface area contributed by atoms with Crippen LogP contribution < -0.4 is 5.32 Å². The minimum atomic E-state index is -0.0837. The van der Waals surface area contributed by atoms with E-state index >= 15 is 0 Å². The zero-order valence-corrected chi connectivity index (χ0v) is 15.8. The third-order valence-corrected chi connectivity index (χ3v) is 5.80. The molecule has 1 aliphatic heterocycles. The summed E-state index contributed by atoms with van der Waals surface area (Å²) >= 11 is 1.43. The first kappa shape index (κ1) is 16.9. The summed E-state index contributed by atoms with van der Waals surface area (Å²) in [7, 11) is 3.83. The van der Waals surface area contributed by atoms with Crippen molar-refractivity contribution in [2.75, 3.05) is 19.6 Å². The lowest BCUT2D eigenvalue weighted by Gasteiger charge is -2.35. The molecule has 0 bridgehead atoms. The Labute approximate surface area is 155 Å². The molecule has 1 saturated heterocycles. The van der Waals surface area contributed by atoms with Gasteiger partial charge in [0, 0.05) is 57.9 Å². The van der Waals surface area contributed by atoms with Crippen molar-refractivity contribution in [1.82, 2.24) is 34.5 Å². The van der Waals surface area contributed by atoms with Crippen LogP contribution in [0.1, 0.15) is 27.2 Å².